The Balaban J connectivity index is 2.47. The van der Waals surface area contributed by atoms with E-state index in [0.717, 1.165) is 12.0 Å². The molecule has 0 aliphatic heterocycles. The van der Waals surface area contributed by atoms with E-state index in [0.29, 0.717) is 17.2 Å². The van der Waals surface area contributed by atoms with E-state index in [-0.39, 0.29) is 11.6 Å². The SMILES string of the molecule is C=CN=C/C(=C\C)NC(=O)/C(=N/C(=C/CC)n1ccnc1)c1[nH]ccc1C. The van der Waals surface area contributed by atoms with Gasteiger partial charge in [-0.25, -0.2) is 9.98 Å². The van der Waals surface area contributed by atoms with Crippen LogP contribution < -0.4 is 5.32 Å². The van der Waals surface area contributed by atoms with Gasteiger partial charge >= 0.3 is 0 Å². The number of aryl methyl sites for hydroxylation is 1. The first-order chi connectivity index (χ1) is 13.1. The number of rotatable bonds is 8. The van der Waals surface area contributed by atoms with Crippen LogP contribution in [0.15, 0.2) is 71.6 Å². The summed E-state index contributed by atoms with van der Waals surface area (Å²) in [6.07, 6.45) is 14.3. The zero-order chi connectivity index (χ0) is 19.6. The van der Waals surface area contributed by atoms with Gasteiger partial charge in [-0.3, -0.25) is 14.4 Å². The zero-order valence-electron chi connectivity index (χ0n) is 15.8. The highest BCUT2D eigenvalue weighted by Gasteiger charge is 2.19. The van der Waals surface area contributed by atoms with Crippen molar-refractivity contribution in [2.24, 2.45) is 9.98 Å². The summed E-state index contributed by atoms with van der Waals surface area (Å²) >= 11 is 0. The zero-order valence-corrected chi connectivity index (χ0v) is 15.8. The van der Waals surface area contributed by atoms with Crippen molar-refractivity contribution >= 4 is 23.7 Å². The van der Waals surface area contributed by atoms with Gasteiger partial charge in [-0.2, -0.15) is 0 Å². The van der Waals surface area contributed by atoms with Gasteiger partial charge in [0.15, 0.2) is 5.71 Å². The highest BCUT2D eigenvalue weighted by atomic mass is 16.1. The van der Waals surface area contributed by atoms with Crippen molar-refractivity contribution in [2.45, 2.75) is 27.2 Å². The lowest BCUT2D eigenvalue weighted by molar-refractivity contribution is -0.114. The summed E-state index contributed by atoms with van der Waals surface area (Å²) in [6, 6.07) is 1.90. The maximum absolute atomic E-state index is 13.0. The second-order valence-corrected chi connectivity index (χ2v) is 5.60. The summed E-state index contributed by atoms with van der Waals surface area (Å²) in [6.45, 7) is 9.28. The van der Waals surface area contributed by atoms with Gasteiger partial charge in [-0.1, -0.05) is 19.6 Å². The number of amides is 1. The summed E-state index contributed by atoms with van der Waals surface area (Å²) in [7, 11) is 0. The molecule has 0 spiro atoms. The number of hydrogen-bond donors (Lipinski definition) is 2. The van der Waals surface area contributed by atoms with Gasteiger partial charge in [0.25, 0.3) is 5.91 Å². The molecule has 2 rings (SSSR count). The maximum atomic E-state index is 13.0. The molecule has 2 N–H and O–H groups in total. The molecular weight excluding hydrogens is 340 g/mol. The smallest absolute Gasteiger partial charge is 0.276 e. The van der Waals surface area contributed by atoms with E-state index >= 15 is 0 Å². The number of aromatic nitrogens is 3. The molecule has 0 saturated heterocycles. The first kappa shape index (κ1) is 19.8. The Kier molecular flexibility index (Phi) is 7.25. The summed E-state index contributed by atoms with van der Waals surface area (Å²) in [4.78, 5) is 28.8. The van der Waals surface area contributed by atoms with Crippen LogP contribution >= 0.6 is 0 Å². The predicted octanol–water partition coefficient (Wildman–Crippen LogP) is 3.45. The largest absolute Gasteiger partial charge is 0.360 e. The minimum absolute atomic E-state index is 0.275. The molecule has 27 heavy (non-hydrogen) atoms. The topological polar surface area (TPSA) is 87.4 Å². The monoisotopic (exact) mass is 364 g/mol. The molecule has 0 aromatic carbocycles. The van der Waals surface area contributed by atoms with Gasteiger partial charge in [0, 0.05) is 31.0 Å². The van der Waals surface area contributed by atoms with Crippen molar-refractivity contribution < 1.29 is 4.79 Å². The fourth-order valence-corrected chi connectivity index (χ4v) is 2.33. The number of allylic oxidation sites excluding steroid dienone is 3. The Hall–Kier alpha value is -3.48. The first-order valence-electron chi connectivity index (χ1n) is 8.64. The highest BCUT2D eigenvalue weighted by molar-refractivity contribution is 6.46. The number of aromatic amines is 1. The average Bonchev–Trinajstić information content (AvgIpc) is 3.34. The molecule has 2 heterocycles. The molecule has 2 aromatic heterocycles. The van der Waals surface area contributed by atoms with E-state index in [1.54, 1.807) is 35.6 Å². The molecular formula is C20H24N6O. The highest BCUT2D eigenvalue weighted by Crippen LogP contribution is 2.13. The number of nitrogens with one attached hydrogen (secondary N) is 2. The van der Waals surface area contributed by atoms with Gasteiger partial charge in [-0.05, 0) is 38.0 Å². The lowest BCUT2D eigenvalue weighted by Gasteiger charge is -2.10. The quantitative estimate of drug-likeness (QED) is 0.703. The lowest BCUT2D eigenvalue weighted by atomic mass is 10.1. The maximum Gasteiger partial charge on any atom is 0.276 e. The van der Waals surface area contributed by atoms with Crippen LogP contribution in [0.4, 0.5) is 0 Å². The standard InChI is InChI=1S/C20H24N6O/c1-5-8-17(26-12-11-22-14-26)25-19(18-15(4)9-10-23-18)20(27)24-16(6-2)13-21-7-3/h6-14,23H,3,5H2,1-2,4H3,(H,24,27)/b16-6+,17-8-,21-13?,25-19+. The Bertz CT molecular complexity index is 897. The number of nitrogens with zero attached hydrogens (tertiary/aromatic N) is 4. The van der Waals surface area contributed by atoms with Crippen LogP contribution in [0.25, 0.3) is 5.82 Å². The molecule has 7 heteroatoms. The number of hydrogen-bond acceptors (Lipinski definition) is 4. The molecule has 0 atom stereocenters. The van der Waals surface area contributed by atoms with E-state index in [1.165, 1.54) is 12.4 Å². The molecule has 0 saturated carbocycles. The molecule has 0 unspecified atom stereocenters. The second kappa shape index (κ2) is 9.86. The van der Waals surface area contributed by atoms with Crippen LogP contribution in [0.3, 0.4) is 0 Å². The van der Waals surface area contributed by atoms with E-state index in [2.05, 4.69) is 31.8 Å². The molecule has 0 aliphatic rings. The van der Waals surface area contributed by atoms with Crippen molar-refractivity contribution in [3.63, 3.8) is 0 Å². The fraction of sp³-hybridized carbons (Fsp3) is 0.200. The van der Waals surface area contributed by atoms with Crippen molar-refractivity contribution in [3.8, 4) is 0 Å². The van der Waals surface area contributed by atoms with Crippen LogP contribution in [0.2, 0.25) is 0 Å². The molecule has 140 valence electrons. The van der Waals surface area contributed by atoms with Crippen molar-refractivity contribution in [1.29, 1.82) is 0 Å². The van der Waals surface area contributed by atoms with Crippen LogP contribution in [-0.4, -0.2) is 32.4 Å². The molecule has 0 radical (unpaired) electrons. The molecule has 2 aromatic rings. The summed E-state index contributed by atoms with van der Waals surface area (Å²) in [5, 5.41) is 2.83. The minimum atomic E-state index is -0.341. The minimum Gasteiger partial charge on any atom is -0.360 e. The van der Waals surface area contributed by atoms with Crippen molar-refractivity contribution in [3.05, 3.63) is 72.9 Å². The van der Waals surface area contributed by atoms with Gasteiger partial charge in [-0.15, -0.1) is 0 Å². The van der Waals surface area contributed by atoms with Crippen LogP contribution in [0.1, 0.15) is 31.5 Å². The third-order valence-corrected chi connectivity index (χ3v) is 3.68. The number of carbonyl (C=O) groups excluding carboxylic acids is 1. The third-order valence-electron chi connectivity index (χ3n) is 3.68. The van der Waals surface area contributed by atoms with E-state index < -0.39 is 0 Å². The summed E-state index contributed by atoms with van der Waals surface area (Å²) in [5.74, 6) is 0.280. The molecule has 0 bridgehead atoms. The second-order valence-electron chi connectivity index (χ2n) is 5.60. The van der Waals surface area contributed by atoms with Crippen molar-refractivity contribution in [1.82, 2.24) is 19.9 Å². The van der Waals surface area contributed by atoms with Crippen LogP contribution in [0.5, 0.6) is 0 Å². The Labute approximate surface area is 159 Å². The Morgan fingerprint density at radius 1 is 1.48 bits per heavy atom. The van der Waals surface area contributed by atoms with E-state index in [4.69, 9.17) is 0 Å². The molecule has 1 amide bonds. The summed E-state index contributed by atoms with van der Waals surface area (Å²) in [5.41, 5.74) is 2.41. The van der Waals surface area contributed by atoms with Crippen molar-refractivity contribution in [2.75, 3.05) is 0 Å². The Morgan fingerprint density at radius 3 is 2.85 bits per heavy atom. The fourth-order valence-electron chi connectivity index (χ4n) is 2.33. The average molecular weight is 364 g/mol. The van der Waals surface area contributed by atoms with Gasteiger partial charge in [0.2, 0.25) is 0 Å². The number of H-pyrrole nitrogens is 1. The lowest BCUT2D eigenvalue weighted by Crippen LogP contribution is -2.32. The first-order valence-corrected chi connectivity index (χ1v) is 8.64. The Morgan fingerprint density at radius 2 is 2.30 bits per heavy atom. The third kappa shape index (κ3) is 5.24. The summed E-state index contributed by atoms with van der Waals surface area (Å²) < 4.78 is 1.77. The van der Waals surface area contributed by atoms with Crippen LogP contribution in [-0.2, 0) is 4.79 Å². The predicted molar refractivity (Wildman–Crippen MR) is 109 cm³/mol. The van der Waals surface area contributed by atoms with Gasteiger partial charge < -0.3 is 10.3 Å². The number of imidazole rings is 1. The normalized spacial score (nSPS) is 13.2. The number of carbonyl (C=O) groups is 1. The number of aliphatic imine (C=N–C) groups is 2. The molecule has 0 fully saturated rings. The van der Waals surface area contributed by atoms with E-state index in [1.807, 2.05) is 32.9 Å². The molecule has 7 nitrogen and oxygen atoms in total. The molecule has 0 aliphatic carbocycles. The van der Waals surface area contributed by atoms with Gasteiger partial charge in [0.05, 0.1) is 11.4 Å². The van der Waals surface area contributed by atoms with E-state index in [9.17, 15) is 4.79 Å². The van der Waals surface area contributed by atoms with Crippen LogP contribution in [0, 0.1) is 6.92 Å². The van der Waals surface area contributed by atoms with Gasteiger partial charge in [0.1, 0.15) is 12.1 Å².